The van der Waals surface area contributed by atoms with Crippen LogP contribution >= 0.6 is 11.3 Å². The summed E-state index contributed by atoms with van der Waals surface area (Å²) in [5, 5.41) is 2.12. The first-order valence-corrected chi connectivity index (χ1v) is 7.10. The molecule has 102 valence electrons. The molecule has 0 aliphatic rings. The number of rotatable bonds is 4. The van der Waals surface area contributed by atoms with Gasteiger partial charge in [0.1, 0.15) is 5.82 Å². The van der Waals surface area contributed by atoms with E-state index in [1.54, 1.807) is 11.3 Å². The highest BCUT2D eigenvalue weighted by Gasteiger charge is 2.32. The average Bonchev–Trinajstić information content (AvgIpc) is 2.77. The van der Waals surface area contributed by atoms with Gasteiger partial charge in [-0.15, -0.1) is 11.3 Å². The van der Waals surface area contributed by atoms with E-state index in [1.807, 2.05) is 12.1 Å². The molecule has 0 bridgehead atoms. The molecule has 19 heavy (non-hydrogen) atoms. The summed E-state index contributed by atoms with van der Waals surface area (Å²) < 4.78 is 13.0. The third-order valence-electron chi connectivity index (χ3n) is 3.56. The predicted octanol–water partition coefficient (Wildman–Crippen LogP) is 3.68. The van der Waals surface area contributed by atoms with E-state index in [4.69, 9.17) is 5.84 Å². The number of benzene rings is 1. The fourth-order valence-corrected chi connectivity index (χ4v) is 3.11. The molecule has 0 radical (unpaired) electrons. The maximum Gasteiger partial charge on any atom is 0.123 e. The number of halogens is 1. The molecule has 1 heterocycles. The molecular weight excluding hydrogens is 259 g/mol. The van der Waals surface area contributed by atoms with E-state index in [9.17, 15) is 4.39 Å². The van der Waals surface area contributed by atoms with Crippen LogP contribution in [0.2, 0.25) is 0 Å². The second-order valence-corrected chi connectivity index (χ2v) is 6.43. The standard InChI is InChI=1S/C15H19FN2S/c1-10-8-11(9-19-10)14(18-17)15(2,3)12-4-6-13(16)7-5-12/h4-9,14,18H,17H2,1-3H3. The summed E-state index contributed by atoms with van der Waals surface area (Å²) in [5.41, 5.74) is 4.89. The van der Waals surface area contributed by atoms with Gasteiger partial charge in [-0.25, -0.2) is 4.39 Å². The Balaban J connectivity index is 2.38. The summed E-state index contributed by atoms with van der Waals surface area (Å²) >= 11 is 1.71. The summed E-state index contributed by atoms with van der Waals surface area (Å²) in [4.78, 5) is 1.25. The van der Waals surface area contributed by atoms with Crippen LogP contribution in [0.3, 0.4) is 0 Å². The summed E-state index contributed by atoms with van der Waals surface area (Å²) in [7, 11) is 0. The molecule has 1 aromatic heterocycles. The molecule has 2 aromatic rings. The minimum Gasteiger partial charge on any atom is -0.271 e. The summed E-state index contributed by atoms with van der Waals surface area (Å²) in [6.45, 7) is 6.29. The molecule has 3 N–H and O–H groups in total. The van der Waals surface area contributed by atoms with Gasteiger partial charge in [0.05, 0.1) is 6.04 Å². The van der Waals surface area contributed by atoms with Crippen molar-refractivity contribution in [3.63, 3.8) is 0 Å². The van der Waals surface area contributed by atoms with E-state index < -0.39 is 0 Å². The van der Waals surface area contributed by atoms with Gasteiger partial charge in [-0.05, 0) is 41.6 Å². The molecule has 0 saturated heterocycles. The quantitative estimate of drug-likeness (QED) is 0.661. The molecule has 4 heteroatoms. The van der Waals surface area contributed by atoms with Crippen molar-refractivity contribution in [3.05, 3.63) is 57.5 Å². The molecule has 0 aliphatic heterocycles. The van der Waals surface area contributed by atoms with Crippen LogP contribution in [-0.4, -0.2) is 0 Å². The number of hydrogen-bond acceptors (Lipinski definition) is 3. The van der Waals surface area contributed by atoms with Crippen LogP contribution in [0.15, 0.2) is 35.7 Å². The average molecular weight is 278 g/mol. The minimum atomic E-state index is -0.226. The van der Waals surface area contributed by atoms with Crippen molar-refractivity contribution in [1.82, 2.24) is 5.43 Å². The highest BCUT2D eigenvalue weighted by atomic mass is 32.1. The lowest BCUT2D eigenvalue weighted by molar-refractivity contribution is 0.353. The molecule has 0 fully saturated rings. The second kappa shape index (κ2) is 5.41. The van der Waals surface area contributed by atoms with Crippen LogP contribution in [0.5, 0.6) is 0 Å². The largest absolute Gasteiger partial charge is 0.271 e. The Morgan fingerprint density at radius 2 is 1.89 bits per heavy atom. The Kier molecular flexibility index (Phi) is 4.04. The van der Waals surface area contributed by atoms with Crippen molar-refractivity contribution in [2.24, 2.45) is 5.84 Å². The topological polar surface area (TPSA) is 38.0 Å². The fourth-order valence-electron chi connectivity index (χ4n) is 2.38. The number of aryl methyl sites for hydroxylation is 1. The van der Waals surface area contributed by atoms with Crippen LogP contribution in [-0.2, 0) is 5.41 Å². The zero-order valence-corrected chi connectivity index (χ0v) is 12.2. The van der Waals surface area contributed by atoms with Crippen molar-refractivity contribution in [2.45, 2.75) is 32.2 Å². The van der Waals surface area contributed by atoms with E-state index in [-0.39, 0.29) is 17.3 Å². The van der Waals surface area contributed by atoms with Crippen molar-refractivity contribution in [2.75, 3.05) is 0 Å². The van der Waals surface area contributed by atoms with Crippen LogP contribution in [0, 0.1) is 12.7 Å². The molecule has 0 spiro atoms. The van der Waals surface area contributed by atoms with Crippen LogP contribution < -0.4 is 11.3 Å². The van der Waals surface area contributed by atoms with E-state index in [0.717, 1.165) is 5.56 Å². The zero-order chi connectivity index (χ0) is 14.0. The molecule has 2 nitrogen and oxygen atoms in total. The Hall–Kier alpha value is -1.23. The van der Waals surface area contributed by atoms with Crippen LogP contribution in [0.1, 0.15) is 35.9 Å². The molecule has 1 aromatic carbocycles. The third-order valence-corrected chi connectivity index (χ3v) is 4.44. The van der Waals surface area contributed by atoms with Gasteiger partial charge < -0.3 is 0 Å². The SMILES string of the molecule is Cc1cc(C(NN)C(C)(C)c2ccc(F)cc2)cs1. The van der Waals surface area contributed by atoms with E-state index in [0.29, 0.717) is 0 Å². The molecule has 1 unspecified atom stereocenters. The normalized spacial score (nSPS) is 13.5. The molecular formula is C15H19FN2S. The van der Waals surface area contributed by atoms with Crippen molar-refractivity contribution >= 4 is 11.3 Å². The molecule has 2 rings (SSSR count). The van der Waals surface area contributed by atoms with Crippen molar-refractivity contribution in [1.29, 1.82) is 0 Å². The van der Waals surface area contributed by atoms with E-state index in [2.05, 4.69) is 37.6 Å². The highest BCUT2D eigenvalue weighted by Crippen LogP contribution is 2.37. The first-order chi connectivity index (χ1) is 8.95. The van der Waals surface area contributed by atoms with Gasteiger partial charge in [0.2, 0.25) is 0 Å². The minimum absolute atomic E-state index is 0.0112. The highest BCUT2D eigenvalue weighted by molar-refractivity contribution is 7.10. The zero-order valence-electron chi connectivity index (χ0n) is 11.4. The Morgan fingerprint density at radius 3 is 2.37 bits per heavy atom. The number of hydrogen-bond donors (Lipinski definition) is 2. The lowest BCUT2D eigenvalue weighted by atomic mass is 9.75. The van der Waals surface area contributed by atoms with Gasteiger partial charge in [0, 0.05) is 10.3 Å². The maximum absolute atomic E-state index is 13.0. The van der Waals surface area contributed by atoms with Gasteiger partial charge in [-0.2, -0.15) is 0 Å². The Labute approximate surface area is 117 Å². The molecule has 0 amide bonds. The first kappa shape index (κ1) is 14.2. The Bertz CT molecular complexity index is 546. The molecule has 1 atom stereocenters. The van der Waals surface area contributed by atoms with Gasteiger partial charge in [0.15, 0.2) is 0 Å². The summed E-state index contributed by atoms with van der Waals surface area (Å²) in [6.07, 6.45) is 0. The number of nitrogens with one attached hydrogen (secondary N) is 1. The van der Waals surface area contributed by atoms with Gasteiger partial charge in [0.25, 0.3) is 0 Å². The lowest BCUT2D eigenvalue weighted by Gasteiger charge is -2.34. The summed E-state index contributed by atoms with van der Waals surface area (Å²) in [5.74, 6) is 5.53. The fraction of sp³-hybridized carbons (Fsp3) is 0.333. The van der Waals surface area contributed by atoms with Crippen LogP contribution in [0.25, 0.3) is 0 Å². The molecule has 0 aliphatic carbocycles. The van der Waals surface area contributed by atoms with E-state index in [1.165, 1.54) is 22.6 Å². The van der Waals surface area contributed by atoms with Crippen molar-refractivity contribution < 1.29 is 4.39 Å². The lowest BCUT2D eigenvalue weighted by Crippen LogP contribution is -2.40. The van der Waals surface area contributed by atoms with Gasteiger partial charge >= 0.3 is 0 Å². The summed E-state index contributed by atoms with van der Waals surface area (Å²) in [6, 6.07) is 8.74. The Morgan fingerprint density at radius 1 is 1.26 bits per heavy atom. The number of hydrazine groups is 1. The van der Waals surface area contributed by atoms with E-state index >= 15 is 0 Å². The number of nitrogens with two attached hydrogens (primary N) is 1. The monoisotopic (exact) mass is 278 g/mol. The maximum atomic E-state index is 13.0. The molecule has 0 saturated carbocycles. The van der Waals surface area contributed by atoms with Crippen molar-refractivity contribution in [3.8, 4) is 0 Å². The third kappa shape index (κ3) is 2.86. The second-order valence-electron chi connectivity index (χ2n) is 5.32. The number of thiophene rings is 1. The van der Waals surface area contributed by atoms with Gasteiger partial charge in [-0.1, -0.05) is 26.0 Å². The smallest absolute Gasteiger partial charge is 0.123 e. The first-order valence-electron chi connectivity index (χ1n) is 6.22. The van der Waals surface area contributed by atoms with Gasteiger partial charge in [-0.3, -0.25) is 11.3 Å². The van der Waals surface area contributed by atoms with Crippen LogP contribution in [0.4, 0.5) is 4.39 Å². The predicted molar refractivity (Wildman–Crippen MR) is 78.5 cm³/mol.